The molecule has 1 aliphatic rings. The molecule has 1 N–H and O–H groups in total. The van der Waals surface area contributed by atoms with Gasteiger partial charge >= 0.3 is 0 Å². The van der Waals surface area contributed by atoms with Crippen molar-refractivity contribution in [2.45, 2.75) is 13.8 Å². The molecule has 1 aliphatic heterocycles. The standard InChI is InChI=1S/C18H19ClN2O3/c1-3-21(4-2)14-7-5-13(6-8-14)20-18(22)12-9-15(19)17-16(10-12)23-11-24-17/h5-10H,3-4,11H2,1-2H3,(H,20,22). The summed E-state index contributed by atoms with van der Waals surface area (Å²) < 4.78 is 10.5. The SMILES string of the molecule is CCN(CC)c1ccc(NC(=O)c2cc(Cl)c3c(c2)OCO3)cc1. The first-order chi connectivity index (χ1) is 11.6. The Balaban J connectivity index is 1.74. The topological polar surface area (TPSA) is 50.8 Å². The van der Waals surface area contributed by atoms with Crippen LogP contribution in [0.2, 0.25) is 5.02 Å². The van der Waals surface area contributed by atoms with E-state index in [1.165, 1.54) is 0 Å². The maximum atomic E-state index is 12.4. The molecule has 0 radical (unpaired) electrons. The smallest absolute Gasteiger partial charge is 0.255 e. The third-order valence-corrected chi connectivity index (χ3v) is 4.22. The first kappa shape index (κ1) is 16.5. The Morgan fingerprint density at radius 2 is 1.88 bits per heavy atom. The molecule has 126 valence electrons. The van der Waals surface area contributed by atoms with Crippen LogP contribution in [-0.2, 0) is 0 Å². The Labute approximate surface area is 146 Å². The summed E-state index contributed by atoms with van der Waals surface area (Å²) in [6.45, 7) is 6.23. The summed E-state index contributed by atoms with van der Waals surface area (Å²) in [5.41, 5.74) is 2.28. The molecule has 0 spiro atoms. The van der Waals surface area contributed by atoms with Crippen molar-refractivity contribution in [3.63, 3.8) is 0 Å². The van der Waals surface area contributed by atoms with E-state index >= 15 is 0 Å². The molecule has 0 unspecified atom stereocenters. The maximum absolute atomic E-state index is 12.4. The van der Waals surface area contributed by atoms with Gasteiger partial charge < -0.3 is 19.7 Å². The molecule has 1 amide bonds. The Morgan fingerprint density at radius 1 is 1.17 bits per heavy atom. The molecule has 0 fully saturated rings. The van der Waals surface area contributed by atoms with Gasteiger partial charge in [-0.2, -0.15) is 0 Å². The highest BCUT2D eigenvalue weighted by Crippen LogP contribution is 2.39. The van der Waals surface area contributed by atoms with Crippen molar-refractivity contribution in [2.75, 3.05) is 30.1 Å². The van der Waals surface area contributed by atoms with Crippen LogP contribution in [0.3, 0.4) is 0 Å². The van der Waals surface area contributed by atoms with Crippen molar-refractivity contribution in [3.8, 4) is 11.5 Å². The van der Waals surface area contributed by atoms with Gasteiger partial charge in [-0.05, 0) is 50.2 Å². The van der Waals surface area contributed by atoms with Crippen molar-refractivity contribution in [1.29, 1.82) is 0 Å². The monoisotopic (exact) mass is 346 g/mol. The molecule has 6 heteroatoms. The highest BCUT2D eigenvalue weighted by molar-refractivity contribution is 6.32. The fraction of sp³-hybridized carbons (Fsp3) is 0.278. The number of carbonyl (C=O) groups excluding carboxylic acids is 1. The van der Waals surface area contributed by atoms with E-state index in [-0.39, 0.29) is 12.7 Å². The molecule has 3 rings (SSSR count). The van der Waals surface area contributed by atoms with Crippen molar-refractivity contribution in [2.24, 2.45) is 0 Å². The van der Waals surface area contributed by atoms with E-state index in [4.69, 9.17) is 21.1 Å². The van der Waals surface area contributed by atoms with E-state index in [1.807, 2.05) is 24.3 Å². The molecule has 0 saturated heterocycles. The van der Waals surface area contributed by atoms with E-state index in [0.717, 1.165) is 24.5 Å². The van der Waals surface area contributed by atoms with Crippen LogP contribution in [0.4, 0.5) is 11.4 Å². The second-order valence-electron chi connectivity index (χ2n) is 5.37. The number of hydrogen-bond donors (Lipinski definition) is 1. The minimum atomic E-state index is -0.245. The molecule has 1 heterocycles. The fourth-order valence-corrected chi connectivity index (χ4v) is 2.91. The second kappa shape index (κ2) is 7.01. The number of carbonyl (C=O) groups is 1. The first-order valence-corrected chi connectivity index (χ1v) is 8.25. The number of amides is 1. The average Bonchev–Trinajstić information content (AvgIpc) is 3.06. The molecule has 2 aromatic rings. The number of anilines is 2. The van der Waals surface area contributed by atoms with Crippen molar-refractivity contribution in [3.05, 3.63) is 47.0 Å². The molecule has 0 saturated carbocycles. The molecule has 0 aromatic heterocycles. The van der Waals surface area contributed by atoms with Crippen LogP contribution in [0.1, 0.15) is 24.2 Å². The summed E-state index contributed by atoms with van der Waals surface area (Å²) in [5.74, 6) is 0.729. The van der Waals surface area contributed by atoms with Gasteiger partial charge in [0.05, 0.1) is 5.02 Å². The number of nitrogens with one attached hydrogen (secondary N) is 1. The van der Waals surface area contributed by atoms with E-state index in [9.17, 15) is 4.79 Å². The minimum Gasteiger partial charge on any atom is -0.454 e. The van der Waals surface area contributed by atoms with Gasteiger partial charge in [-0.3, -0.25) is 4.79 Å². The Bertz CT molecular complexity index is 743. The molecule has 2 aromatic carbocycles. The zero-order valence-corrected chi connectivity index (χ0v) is 14.4. The number of ether oxygens (including phenoxy) is 2. The lowest BCUT2D eigenvalue weighted by atomic mass is 10.1. The minimum absolute atomic E-state index is 0.118. The highest BCUT2D eigenvalue weighted by atomic mass is 35.5. The molecule has 24 heavy (non-hydrogen) atoms. The van der Waals surface area contributed by atoms with Gasteiger partial charge in [0.25, 0.3) is 5.91 Å². The predicted molar refractivity (Wildman–Crippen MR) is 95.5 cm³/mol. The molecule has 0 aliphatic carbocycles. The van der Waals surface area contributed by atoms with Gasteiger partial charge in [0.15, 0.2) is 11.5 Å². The molecule has 0 bridgehead atoms. The van der Waals surface area contributed by atoms with Crippen LogP contribution >= 0.6 is 11.6 Å². The predicted octanol–water partition coefficient (Wildman–Crippen LogP) is 4.17. The normalized spacial score (nSPS) is 12.1. The number of rotatable bonds is 5. The highest BCUT2D eigenvalue weighted by Gasteiger charge is 2.20. The zero-order valence-electron chi connectivity index (χ0n) is 13.6. The number of fused-ring (bicyclic) bond motifs is 1. The van der Waals surface area contributed by atoms with E-state index in [0.29, 0.717) is 22.1 Å². The number of nitrogens with zero attached hydrogens (tertiary/aromatic N) is 1. The van der Waals surface area contributed by atoms with Gasteiger partial charge in [-0.15, -0.1) is 0 Å². The Morgan fingerprint density at radius 3 is 2.54 bits per heavy atom. The summed E-state index contributed by atoms with van der Waals surface area (Å²) in [6.07, 6.45) is 0. The summed E-state index contributed by atoms with van der Waals surface area (Å²) in [6, 6.07) is 11.0. The third-order valence-electron chi connectivity index (χ3n) is 3.94. The average molecular weight is 347 g/mol. The Hall–Kier alpha value is -2.40. The number of benzene rings is 2. The molecular weight excluding hydrogens is 328 g/mol. The largest absolute Gasteiger partial charge is 0.454 e. The van der Waals surface area contributed by atoms with E-state index in [1.54, 1.807) is 12.1 Å². The molecular formula is C18H19ClN2O3. The molecule has 5 nitrogen and oxygen atoms in total. The molecule has 0 atom stereocenters. The number of halogens is 1. The summed E-state index contributed by atoms with van der Waals surface area (Å²) in [4.78, 5) is 14.7. The quantitative estimate of drug-likeness (QED) is 0.882. The first-order valence-electron chi connectivity index (χ1n) is 7.88. The van der Waals surface area contributed by atoms with Crippen LogP contribution in [0, 0.1) is 0 Å². The van der Waals surface area contributed by atoms with Crippen LogP contribution in [0.15, 0.2) is 36.4 Å². The van der Waals surface area contributed by atoms with Crippen LogP contribution in [0.5, 0.6) is 11.5 Å². The lowest BCUT2D eigenvalue weighted by Gasteiger charge is -2.21. The summed E-state index contributed by atoms with van der Waals surface area (Å²) >= 11 is 6.12. The van der Waals surface area contributed by atoms with E-state index < -0.39 is 0 Å². The van der Waals surface area contributed by atoms with Gasteiger partial charge in [-0.25, -0.2) is 0 Å². The second-order valence-corrected chi connectivity index (χ2v) is 5.77. The lowest BCUT2D eigenvalue weighted by Crippen LogP contribution is -2.21. The van der Waals surface area contributed by atoms with Gasteiger partial charge in [-0.1, -0.05) is 11.6 Å². The van der Waals surface area contributed by atoms with Gasteiger partial charge in [0.2, 0.25) is 6.79 Å². The van der Waals surface area contributed by atoms with Gasteiger partial charge in [0.1, 0.15) is 0 Å². The van der Waals surface area contributed by atoms with Crippen molar-refractivity contribution >= 4 is 28.9 Å². The third kappa shape index (κ3) is 3.26. The van der Waals surface area contributed by atoms with Crippen LogP contribution < -0.4 is 19.7 Å². The van der Waals surface area contributed by atoms with E-state index in [2.05, 4.69) is 24.1 Å². The maximum Gasteiger partial charge on any atom is 0.255 e. The lowest BCUT2D eigenvalue weighted by molar-refractivity contribution is 0.102. The van der Waals surface area contributed by atoms with Crippen LogP contribution in [0.25, 0.3) is 0 Å². The zero-order chi connectivity index (χ0) is 17.1. The van der Waals surface area contributed by atoms with Crippen molar-refractivity contribution in [1.82, 2.24) is 0 Å². The summed E-state index contributed by atoms with van der Waals surface area (Å²) in [5, 5.41) is 3.23. The fourth-order valence-electron chi connectivity index (χ4n) is 2.65. The van der Waals surface area contributed by atoms with Crippen molar-refractivity contribution < 1.29 is 14.3 Å². The summed E-state index contributed by atoms with van der Waals surface area (Å²) in [7, 11) is 0. The van der Waals surface area contributed by atoms with Crippen LogP contribution in [-0.4, -0.2) is 25.8 Å². The number of hydrogen-bond acceptors (Lipinski definition) is 4. The van der Waals surface area contributed by atoms with Gasteiger partial charge in [0, 0.05) is 30.0 Å². The Kier molecular flexibility index (Phi) is 4.81.